The van der Waals surface area contributed by atoms with Crippen LogP contribution in [0.2, 0.25) is 0 Å². The van der Waals surface area contributed by atoms with Crippen molar-refractivity contribution in [2.75, 3.05) is 0 Å². The summed E-state index contributed by atoms with van der Waals surface area (Å²) in [5, 5.41) is 12.4. The lowest BCUT2D eigenvalue weighted by molar-refractivity contribution is -0.139. The molecule has 6 heteroatoms. The quantitative estimate of drug-likeness (QED) is 0.271. The average Bonchev–Trinajstić information content (AvgIpc) is 2.93. The van der Waals surface area contributed by atoms with E-state index in [2.05, 4.69) is 74.2 Å². The molecule has 0 aliphatic heterocycles. The number of nitrogens with one attached hydrogen (secondary N) is 1. The van der Waals surface area contributed by atoms with Crippen LogP contribution in [0.1, 0.15) is 67.6 Å². The van der Waals surface area contributed by atoms with Crippen LogP contribution in [0.5, 0.6) is 0 Å². The van der Waals surface area contributed by atoms with E-state index in [0.717, 1.165) is 27.8 Å². The smallest absolute Gasteiger partial charge is 0.326 e. The standard InChI is InChI=1S/C33H35N3O3/c1-21(2)23-10-12-24(13-11-23)27-19-34-30(35-20-27)25-8-6-22(7-9-25)18-29(32(38)39)36-31(37)26-14-16-28(17-15-26)33(3,4)5/h6-17,19-21,29H,18H2,1-5H3,(H,36,37)(H,38,39)/t29-/m0/s1. The van der Waals surface area contributed by atoms with Crippen molar-refractivity contribution in [3.05, 3.63) is 107 Å². The van der Waals surface area contributed by atoms with E-state index in [1.165, 1.54) is 5.56 Å². The van der Waals surface area contributed by atoms with E-state index < -0.39 is 17.9 Å². The zero-order valence-electron chi connectivity index (χ0n) is 23.1. The van der Waals surface area contributed by atoms with Crippen molar-refractivity contribution < 1.29 is 14.7 Å². The van der Waals surface area contributed by atoms with Crippen LogP contribution in [0.4, 0.5) is 0 Å². The van der Waals surface area contributed by atoms with Crippen LogP contribution in [-0.2, 0) is 16.6 Å². The highest BCUT2D eigenvalue weighted by molar-refractivity contribution is 5.96. The monoisotopic (exact) mass is 521 g/mol. The van der Waals surface area contributed by atoms with Gasteiger partial charge in [0.25, 0.3) is 5.91 Å². The summed E-state index contributed by atoms with van der Waals surface area (Å²) in [7, 11) is 0. The Morgan fingerprint density at radius 2 is 1.36 bits per heavy atom. The van der Waals surface area contributed by atoms with E-state index in [1.807, 2.05) is 48.8 Å². The lowest BCUT2D eigenvalue weighted by Gasteiger charge is -2.19. The number of hydrogen-bond acceptors (Lipinski definition) is 4. The van der Waals surface area contributed by atoms with Gasteiger partial charge in [0.15, 0.2) is 5.82 Å². The zero-order valence-corrected chi connectivity index (χ0v) is 23.1. The predicted molar refractivity (Wildman–Crippen MR) is 155 cm³/mol. The van der Waals surface area contributed by atoms with Crippen LogP contribution in [0.25, 0.3) is 22.5 Å². The zero-order chi connectivity index (χ0) is 28.2. The van der Waals surface area contributed by atoms with Gasteiger partial charge >= 0.3 is 5.97 Å². The van der Waals surface area contributed by atoms with E-state index in [9.17, 15) is 14.7 Å². The fourth-order valence-corrected chi connectivity index (χ4v) is 4.28. The molecule has 2 N–H and O–H groups in total. The third kappa shape index (κ3) is 6.96. The molecule has 39 heavy (non-hydrogen) atoms. The summed E-state index contributed by atoms with van der Waals surface area (Å²) in [5.41, 5.74) is 6.42. The van der Waals surface area contributed by atoms with Crippen molar-refractivity contribution in [3.8, 4) is 22.5 Å². The van der Waals surface area contributed by atoms with Gasteiger partial charge in [0.05, 0.1) is 0 Å². The van der Waals surface area contributed by atoms with Crippen molar-refractivity contribution in [2.45, 2.75) is 58.4 Å². The van der Waals surface area contributed by atoms with Gasteiger partial charge in [0.1, 0.15) is 6.04 Å². The Hall–Kier alpha value is -4.32. The molecule has 1 amide bonds. The Kier molecular flexibility index (Phi) is 8.24. The summed E-state index contributed by atoms with van der Waals surface area (Å²) in [5.74, 6) is -0.426. The van der Waals surface area contributed by atoms with Gasteiger partial charge in [-0.2, -0.15) is 0 Å². The van der Waals surface area contributed by atoms with Gasteiger partial charge < -0.3 is 10.4 Å². The molecule has 0 aliphatic carbocycles. The SMILES string of the molecule is CC(C)c1ccc(-c2cnc(-c3ccc(C[C@H](NC(=O)c4ccc(C(C)(C)C)cc4)C(=O)O)cc3)nc2)cc1. The highest BCUT2D eigenvalue weighted by atomic mass is 16.4. The van der Waals surface area contributed by atoms with E-state index in [1.54, 1.807) is 12.1 Å². The summed E-state index contributed by atoms with van der Waals surface area (Å²) in [6.07, 6.45) is 3.78. The Morgan fingerprint density at radius 1 is 0.795 bits per heavy atom. The highest BCUT2D eigenvalue weighted by Crippen LogP contribution is 2.24. The van der Waals surface area contributed by atoms with E-state index >= 15 is 0 Å². The third-order valence-corrected chi connectivity index (χ3v) is 6.83. The molecule has 3 aromatic carbocycles. The minimum Gasteiger partial charge on any atom is -0.480 e. The molecule has 1 atom stereocenters. The van der Waals surface area contributed by atoms with E-state index in [4.69, 9.17) is 0 Å². The lowest BCUT2D eigenvalue weighted by atomic mass is 9.86. The van der Waals surface area contributed by atoms with Gasteiger partial charge in [-0.15, -0.1) is 0 Å². The number of amides is 1. The summed E-state index contributed by atoms with van der Waals surface area (Å²) >= 11 is 0. The number of carbonyl (C=O) groups is 2. The summed E-state index contributed by atoms with van der Waals surface area (Å²) in [4.78, 5) is 33.7. The fraction of sp³-hybridized carbons (Fsp3) is 0.273. The Morgan fingerprint density at radius 3 is 1.87 bits per heavy atom. The molecule has 1 aromatic heterocycles. The highest BCUT2D eigenvalue weighted by Gasteiger charge is 2.22. The van der Waals surface area contributed by atoms with Gasteiger partial charge in [-0.25, -0.2) is 14.8 Å². The maximum Gasteiger partial charge on any atom is 0.326 e. The molecule has 0 unspecified atom stereocenters. The van der Waals surface area contributed by atoms with Gasteiger partial charge in [-0.1, -0.05) is 95.3 Å². The molecular formula is C33H35N3O3. The number of carbonyl (C=O) groups excluding carboxylic acids is 1. The first-order valence-corrected chi connectivity index (χ1v) is 13.2. The van der Waals surface area contributed by atoms with Crippen LogP contribution in [0.15, 0.2) is 85.2 Å². The summed E-state index contributed by atoms with van der Waals surface area (Å²) in [6.45, 7) is 10.6. The first-order chi connectivity index (χ1) is 18.5. The van der Waals surface area contributed by atoms with Gasteiger partial charge in [-0.3, -0.25) is 4.79 Å². The molecule has 0 spiro atoms. The Balaban J connectivity index is 1.41. The molecule has 200 valence electrons. The second-order valence-corrected chi connectivity index (χ2v) is 11.2. The third-order valence-electron chi connectivity index (χ3n) is 6.83. The van der Waals surface area contributed by atoms with Gasteiger partial charge in [0.2, 0.25) is 0 Å². The summed E-state index contributed by atoms with van der Waals surface area (Å²) in [6, 6.07) is 22.1. The maximum atomic E-state index is 12.7. The molecule has 1 heterocycles. The van der Waals surface area contributed by atoms with E-state index in [0.29, 0.717) is 17.3 Å². The first-order valence-electron chi connectivity index (χ1n) is 13.2. The number of benzene rings is 3. The second kappa shape index (κ2) is 11.6. The normalized spacial score (nSPS) is 12.3. The maximum absolute atomic E-state index is 12.7. The van der Waals surface area contributed by atoms with Gasteiger partial charge in [-0.05, 0) is 45.7 Å². The minimum absolute atomic E-state index is 0.0303. The van der Waals surface area contributed by atoms with Crippen molar-refractivity contribution in [2.24, 2.45) is 0 Å². The van der Waals surface area contributed by atoms with Crippen LogP contribution in [-0.4, -0.2) is 33.0 Å². The molecule has 0 bridgehead atoms. The molecule has 0 fully saturated rings. The summed E-state index contributed by atoms with van der Waals surface area (Å²) < 4.78 is 0. The molecular weight excluding hydrogens is 486 g/mol. The van der Waals surface area contributed by atoms with Crippen molar-refractivity contribution in [3.63, 3.8) is 0 Å². The number of aromatic nitrogens is 2. The van der Waals surface area contributed by atoms with Crippen LogP contribution < -0.4 is 5.32 Å². The molecule has 0 radical (unpaired) electrons. The fourth-order valence-electron chi connectivity index (χ4n) is 4.28. The number of carboxylic acid groups (broad SMARTS) is 1. The molecule has 6 nitrogen and oxygen atoms in total. The Bertz CT molecular complexity index is 1420. The molecule has 0 saturated carbocycles. The van der Waals surface area contributed by atoms with Crippen LogP contribution >= 0.6 is 0 Å². The first kappa shape index (κ1) is 27.7. The molecule has 4 rings (SSSR count). The second-order valence-electron chi connectivity index (χ2n) is 11.2. The van der Waals surface area contributed by atoms with Gasteiger partial charge in [0, 0.05) is 35.5 Å². The van der Waals surface area contributed by atoms with Crippen molar-refractivity contribution >= 4 is 11.9 Å². The minimum atomic E-state index is -1.08. The number of aliphatic carboxylic acids is 1. The number of rotatable bonds is 8. The molecule has 0 aliphatic rings. The predicted octanol–water partition coefficient (Wildman–Crippen LogP) is 6.66. The topological polar surface area (TPSA) is 92.2 Å². The molecule has 4 aromatic rings. The van der Waals surface area contributed by atoms with Crippen LogP contribution in [0, 0.1) is 0 Å². The molecule has 0 saturated heterocycles. The van der Waals surface area contributed by atoms with Crippen LogP contribution in [0.3, 0.4) is 0 Å². The largest absolute Gasteiger partial charge is 0.480 e. The van der Waals surface area contributed by atoms with E-state index in [-0.39, 0.29) is 11.8 Å². The lowest BCUT2D eigenvalue weighted by Crippen LogP contribution is -2.42. The number of hydrogen-bond donors (Lipinski definition) is 2. The average molecular weight is 522 g/mol. The van der Waals surface area contributed by atoms with Crippen molar-refractivity contribution in [1.29, 1.82) is 0 Å². The van der Waals surface area contributed by atoms with Crippen molar-refractivity contribution in [1.82, 2.24) is 15.3 Å². The number of carboxylic acids is 1. The Labute approximate surface area is 230 Å². The number of nitrogens with zero attached hydrogens (tertiary/aromatic N) is 2.